The lowest BCUT2D eigenvalue weighted by Gasteiger charge is -2.21. The van der Waals surface area contributed by atoms with Crippen molar-refractivity contribution < 1.29 is 13.2 Å². The smallest absolute Gasteiger partial charge is 0.265 e. The van der Waals surface area contributed by atoms with Crippen molar-refractivity contribution in [3.05, 3.63) is 70.9 Å². The maximum Gasteiger partial charge on any atom is 0.265 e. The van der Waals surface area contributed by atoms with Crippen LogP contribution in [0.15, 0.2) is 53.6 Å². The molecule has 0 radical (unpaired) electrons. The van der Waals surface area contributed by atoms with Gasteiger partial charge < -0.3 is 5.32 Å². The summed E-state index contributed by atoms with van der Waals surface area (Å²) < 4.78 is 28.6. The molecule has 29 heavy (non-hydrogen) atoms. The van der Waals surface area contributed by atoms with E-state index >= 15 is 0 Å². The number of carbonyl (C=O) groups excluding carboxylic acids is 1. The highest BCUT2D eigenvalue weighted by molar-refractivity contribution is 7.92. The van der Waals surface area contributed by atoms with Gasteiger partial charge in [-0.15, -0.1) is 0 Å². The van der Waals surface area contributed by atoms with E-state index < -0.39 is 15.9 Å². The normalized spacial score (nSPS) is 11.3. The van der Waals surface area contributed by atoms with Gasteiger partial charge in [-0.25, -0.2) is 8.42 Å². The summed E-state index contributed by atoms with van der Waals surface area (Å²) in [6.45, 7) is 5.76. The Hall–Kier alpha value is -3.13. The molecule has 0 aliphatic heterocycles. The molecule has 0 unspecified atom stereocenters. The summed E-state index contributed by atoms with van der Waals surface area (Å²) in [7, 11) is -0.833. The second kappa shape index (κ2) is 7.71. The molecule has 0 aliphatic carbocycles. The summed E-state index contributed by atoms with van der Waals surface area (Å²) in [6, 6.07) is 12.3. The van der Waals surface area contributed by atoms with E-state index in [2.05, 4.69) is 10.4 Å². The standard InChI is InChI=1S/C21H24N4O3S/c1-14-6-9-17(10-7-14)29(27,28)25(5)21-18(13-22-24(21)4)20(26)23-19-11-8-15(2)12-16(19)3/h6-13H,1-5H3,(H,23,26). The van der Waals surface area contributed by atoms with Crippen LogP contribution in [0, 0.1) is 20.8 Å². The number of aromatic nitrogens is 2. The minimum absolute atomic E-state index is 0.146. The molecule has 3 aromatic rings. The molecule has 2 aromatic carbocycles. The quantitative estimate of drug-likeness (QED) is 0.696. The van der Waals surface area contributed by atoms with Gasteiger partial charge in [-0.3, -0.25) is 13.8 Å². The van der Waals surface area contributed by atoms with Gasteiger partial charge in [-0.05, 0) is 44.5 Å². The summed E-state index contributed by atoms with van der Waals surface area (Å²) in [4.78, 5) is 13.1. The largest absolute Gasteiger partial charge is 0.322 e. The molecule has 0 aliphatic rings. The van der Waals surface area contributed by atoms with E-state index in [-0.39, 0.29) is 16.3 Å². The molecule has 0 fully saturated rings. The van der Waals surface area contributed by atoms with Crippen molar-refractivity contribution in [2.45, 2.75) is 25.7 Å². The van der Waals surface area contributed by atoms with E-state index in [9.17, 15) is 13.2 Å². The molecule has 1 aromatic heterocycles. The first-order chi connectivity index (χ1) is 13.6. The highest BCUT2D eigenvalue weighted by Gasteiger charge is 2.28. The highest BCUT2D eigenvalue weighted by Crippen LogP contribution is 2.27. The molecule has 0 saturated heterocycles. The second-order valence-electron chi connectivity index (χ2n) is 7.06. The minimum Gasteiger partial charge on any atom is -0.322 e. The van der Waals surface area contributed by atoms with Crippen molar-refractivity contribution in [2.24, 2.45) is 7.05 Å². The minimum atomic E-state index is -3.85. The average Bonchev–Trinajstić information content (AvgIpc) is 3.05. The maximum atomic E-state index is 13.1. The lowest BCUT2D eigenvalue weighted by Crippen LogP contribution is -2.30. The monoisotopic (exact) mass is 412 g/mol. The Labute approximate surface area is 171 Å². The summed E-state index contributed by atoms with van der Waals surface area (Å²) in [5.74, 6) is -0.237. The Morgan fingerprint density at radius 3 is 2.28 bits per heavy atom. The van der Waals surface area contributed by atoms with Crippen molar-refractivity contribution in [1.82, 2.24) is 9.78 Å². The number of nitrogens with one attached hydrogen (secondary N) is 1. The third-order valence-electron chi connectivity index (χ3n) is 4.76. The molecule has 0 saturated carbocycles. The van der Waals surface area contributed by atoms with E-state index in [1.165, 1.54) is 17.9 Å². The number of aryl methyl sites for hydroxylation is 4. The van der Waals surface area contributed by atoms with Crippen molar-refractivity contribution in [1.29, 1.82) is 0 Å². The fourth-order valence-corrected chi connectivity index (χ4v) is 4.33. The van der Waals surface area contributed by atoms with Gasteiger partial charge >= 0.3 is 0 Å². The van der Waals surface area contributed by atoms with Crippen LogP contribution in [-0.2, 0) is 17.1 Å². The Kier molecular flexibility index (Phi) is 5.48. The van der Waals surface area contributed by atoms with E-state index in [1.807, 2.05) is 39.0 Å². The topological polar surface area (TPSA) is 84.3 Å². The molecule has 0 atom stereocenters. The molecule has 3 rings (SSSR count). The van der Waals surface area contributed by atoms with Crippen molar-refractivity contribution >= 4 is 27.4 Å². The number of amides is 1. The molecule has 7 nitrogen and oxygen atoms in total. The number of hydrogen-bond donors (Lipinski definition) is 1. The number of benzene rings is 2. The zero-order valence-corrected chi connectivity index (χ0v) is 17.9. The van der Waals surface area contributed by atoms with Gasteiger partial charge in [0.15, 0.2) is 5.82 Å². The van der Waals surface area contributed by atoms with Gasteiger partial charge in [0.25, 0.3) is 15.9 Å². The first kappa shape index (κ1) is 20.6. The van der Waals surface area contributed by atoms with E-state index in [0.29, 0.717) is 5.69 Å². The zero-order valence-electron chi connectivity index (χ0n) is 17.1. The highest BCUT2D eigenvalue weighted by atomic mass is 32.2. The fraction of sp³-hybridized carbons (Fsp3) is 0.238. The van der Waals surface area contributed by atoms with Crippen LogP contribution < -0.4 is 9.62 Å². The molecule has 1 heterocycles. The number of carbonyl (C=O) groups is 1. The van der Waals surface area contributed by atoms with Gasteiger partial charge in [0, 0.05) is 19.8 Å². The fourth-order valence-electron chi connectivity index (χ4n) is 3.09. The molecule has 152 valence electrons. The SMILES string of the molecule is Cc1ccc(S(=O)(=O)N(C)c2c(C(=O)Nc3ccc(C)cc3C)cnn2C)cc1. The zero-order chi connectivity index (χ0) is 21.3. The van der Waals surface area contributed by atoms with Gasteiger partial charge in [-0.1, -0.05) is 35.4 Å². The van der Waals surface area contributed by atoms with Crippen LogP contribution in [0.1, 0.15) is 27.0 Å². The third kappa shape index (κ3) is 4.02. The number of rotatable bonds is 5. The summed E-state index contributed by atoms with van der Waals surface area (Å²) in [5, 5.41) is 6.96. The van der Waals surface area contributed by atoms with E-state index in [4.69, 9.17) is 0 Å². The lowest BCUT2D eigenvalue weighted by atomic mass is 10.1. The molecule has 0 spiro atoms. The predicted molar refractivity (Wildman–Crippen MR) is 114 cm³/mol. The van der Waals surface area contributed by atoms with Crippen LogP contribution in [0.5, 0.6) is 0 Å². The molecule has 1 N–H and O–H groups in total. The van der Waals surface area contributed by atoms with Gasteiger partial charge in [0.05, 0.1) is 11.1 Å². The van der Waals surface area contributed by atoms with E-state index in [1.54, 1.807) is 31.3 Å². The van der Waals surface area contributed by atoms with Crippen LogP contribution in [0.3, 0.4) is 0 Å². The lowest BCUT2D eigenvalue weighted by molar-refractivity contribution is 0.102. The van der Waals surface area contributed by atoms with Gasteiger partial charge in [0.1, 0.15) is 5.56 Å². The number of anilines is 2. The Balaban J connectivity index is 1.96. The summed E-state index contributed by atoms with van der Waals surface area (Å²) >= 11 is 0. The van der Waals surface area contributed by atoms with Gasteiger partial charge in [-0.2, -0.15) is 5.10 Å². The van der Waals surface area contributed by atoms with Crippen LogP contribution >= 0.6 is 0 Å². The Morgan fingerprint density at radius 1 is 1.03 bits per heavy atom. The summed E-state index contributed by atoms with van der Waals surface area (Å²) in [5.41, 5.74) is 3.81. The van der Waals surface area contributed by atoms with Crippen molar-refractivity contribution in [3.63, 3.8) is 0 Å². The van der Waals surface area contributed by atoms with Crippen LogP contribution in [0.2, 0.25) is 0 Å². The first-order valence-electron chi connectivity index (χ1n) is 9.07. The molecule has 8 heteroatoms. The van der Waals surface area contributed by atoms with Crippen LogP contribution in [0.4, 0.5) is 11.5 Å². The average molecular weight is 413 g/mol. The first-order valence-corrected chi connectivity index (χ1v) is 10.5. The van der Waals surface area contributed by atoms with Crippen molar-refractivity contribution in [3.8, 4) is 0 Å². The second-order valence-corrected chi connectivity index (χ2v) is 9.03. The van der Waals surface area contributed by atoms with Crippen molar-refractivity contribution in [2.75, 3.05) is 16.7 Å². The van der Waals surface area contributed by atoms with Crippen LogP contribution in [-0.4, -0.2) is 31.2 Å². The predicted octanol–water partition coefficient (Wildman–Crippen LogP) is 3.42. The van der Waals surface area contributed by atoms with E-state index in [0.717, 1.165) is 21.0 Å². The number of sulfonamides is 1. The van der Waals surface area contributed by atoms with Crippen LogP contribution in [0.25, 0.3) is 0 Å². The summed E-state index contributed by atoms with van der Waals surface area (Å²) in [6.07, 6.45) is 1.37. The third-order valence-corrected chi connectivity index (χ3v) is 6.52. The Bertz CT molecular complexity index is 1170. The number of nitrogens with zero attached hydrogens (tertiary/aromatic N) is 3. The molecule has 1 amide bonds. The Morgan fingerprint density at radius 2 is 1.66 bits per heavy atom. The molecular weight excluding hydrogens is 388 g/mol. The number of hydrogen-bond acceptors (Lipinski definition) is 4. The molecule has 0 bridgehead atoms. The van der Waals surface area contributed by atoms with Gasteiger partial charge in [0.2, 0.25) is 0 Å². The molecular formula is C21H24N4O3S. The maximum absolute atomic E-state index is 13.1.